The van der Waals surface area contributed by atoms with Gasteiger partial charge >= 0.3 is 5.97 Å². The molecule has 0 aromatic carbocycles. The summed E-state index contributed by atoms with van der Waals surface area (Å²) in [6.07, 6.45) is 2.16. The van der Waals surface area contributed by atoms with Gasteiger partial charge in [-0.05, 0) is 19.3 Å². The first kappa shape index (κ1) is 7.25. The van der Waals surface area contributed by atoms with Crippen LogP contribution in [0.25, 0.3) is 0 Å². The van der Waals surface area contributed by atoms with Gasteiger partial charge in [0.05, 0.1) is 13.0 Å². The molecular formula is C7H11NO2. The van der Waals surface area contributed by atoms with Crippen LogP contribution in [0.2, 0.25) is 0 Å². The molecule has 0 aromatic rings. The third-order valence-corrected chi connectivity index (χ3v) is 1.82. The summed E-state index contributed by atoms with van der Waals surface area (Å²) in [6, 6.07) is 0. The first-order chi connectivity index (χ1) is 4.74. The molecule has 0 aromatic heterocycles. The van der Waals surface area contributed by atoms with Gasteiger partial charge in [-0.15, -0.1) is 0 Å². The van der Waals surface area contributed by atoms with Gasteiger partial charge in [-0.1, -0.05) is 0 Å². The van der Waals surface area contributed by atoms with E-state index >= 15 is 0 Å². The lowest BCUT2D eigenvalue weighted by Gasteiger charge is -2.03. The maximum atomic E-state index is 10.8. The highest BCUT2D eigenvalue weighted by Gasteiger charge is 2.26. The van der Waals surface area contributed by atoms with E-state index in [0.29, 0.717) is 12.1 Å². The molecule has 1 atom stereocenters. The van der Waals surface area contributed by atoms with E-state index in [0.717, 1.165) is 12.8 Å². The number of hydrogen-bond acceptors (Lipinski definition) is 3. The molecule has 10 heavy (non-hydrogen) atoms. The quantitative estimate of drug-likeness (QED) is 0.553. The molecule has 1 aliphatic carbocycles. The summed E-state index contributed by atoms with van der Waals surface area (Å²) >= 11 is 0. The zero-order valence-electron chi connectivity index (χ0n) is 6.02. The molecule has 56 valence electrons. The number of carbonyl (C=O) groups excluding carboxylic acids is 1. The molecule has 0 spiro atoms. The van der Waals surface area contributed by atoms with Crippen LogP contribution in [0.3, 0.4) is 0 Å². The van der Waals surface area contributed by atoms with Crippen molar-refractivity contribution in [2.24, 2.45) is 5.92 Å². The van der Waals surface area contributed by atoms with Gasteiger partial charge in [0.2, 0.25) is 0 Å². The molecule has 1 fully saturated rings. The van der Waals surface area contributed by atoms with E-state index < -0.39 is 0 Å². The Morgan fingerprint density at radius 1 is 1.80 bits per heavy atom. The Bertz CT molecular complexity index is 165. The van der Waals surface area contributed by atoms with Crippen molar-refractivity contribution < 1.29 is 9.53 Å². The van der Waals surface area contributed by atoms with Crippen LogP contribution >= 0.6 is 0 Å². The van der Waals surface area contributed by atoms with Crippen LogP contribution in [0.5, 0.6) is 0 Å². The minimum atomic E-state index is -0.165. The Kier molecular flexibility index (Phi) is 2.04. The van der Waals surface area contributed by atoms with Gasteiger partial charge in [0, 0.05) is 5.71 Å². The van der Waals surface area contributed by atoms with Crippen molar-refractivity contribution in [2.45, 2.75) is 19.3 Å². The highest BCUT2D eigenvalue weighted by molar-refractivity contribution is 5.89. The summed E-state index contributed by atoms with van der Waals surface area (Å²) in [7, 11) is 1.39. The smallest absolute Gasteiger partial charge is 0.309 e. The Balaban J connectivity index is 2.44. The van der Waals surface area contributed by atoms with E-state index in [9.17, 15) is 4.79 Å². The van der Waals surface area contributed by atoms with E-state index in [-0.39, 0.29) is 11.9 Å². The van der Waals surface area contributed by atoms with Gasteiger partial charge in [-0.2, -0.15) is 0 Å². The van der Waals surface area contributed by atoms with Crippen molar-refractivity contribution >= 4 is 11.7 Å². The Morgan fingerprint density at radius 2 is 2.50 bits per heavy atom. The normalized spacial score (nSPS) is 24.9. The van der Waals surface area contributed by atoms with Crippen molar-refractivity contribution in [1.82, 2.24) is 0 Å². The number of carbonyl (C=O) groups is 1. The van der Waals surface area contributed by atoms with Gasteiger partial charge < -0.3 is 10.1 Å². The van der Waals surface area contributed by atoms with Crippen LogP contribution in [-0.4, -0.2) is 18.8 Å². The third kappa shape index (κ3) is 1.35. The summed E-state index contributed by atoms with van der Waals surface area (Å²) in [5, 5.41) is 7.24. The molecule has 1 aliphatic rings. The molecule has 0 radical (unpaired) electrons. The molecule has 0 unspecified atom stereocenters. The first-order valence-electron chi connectivity index (χ1n) is 3.38. The Morgan fingerprint density at radius 3 is 2.90 bits per heavy atom. The topological polar surface area (TPSA) is 50.2 Å². The lowest BCUT2D eigenvalue weighted by Crippen LogP contribution is -2.12. The van der Waals surface area contributed by atoms with E-state index in [1.54, 1.807) is 0 Å². The second-order valence-electron chi connectivity index (χ2n) is 2.57. The number of rotatable bonds is 1. The summed E-state index contributed by atoms with van der Waals surface area (Å²) in [5.74, 6) is -0.195. The average Bonchev–Trinajstić information content (AvgIpc) is 2.34. The van der Waals surface area contributed by atoms with E-state index in [2.05, 4.69) is 4.74 Å². The molecule has 3 nitrogen and oxygen atoms in total. The molecule has 1 N–H and O–H groups in total. The van der Waals surface area contributed by atoms with Gasteiger partial charge in [-0.25, -0.2) is 0 Å². The van der Waals surface area contributed by atoms with E-state index in [1.807, 2.05) is 0 Å². The largest absolute Gasteiger partial charge is 0.469 e. The van der Waals surface area contributed by atoms with Crippen LogP contribution in [-0.2, 0) is 9.53 Å². The van der Waals surface area contributed by atoms with Crippen molar-refractivity contribution in [2.75, 3.05) is 7.11 Å². The molecule has 0 amide bonds. The van der Waals surface area contributed by atoms with Crippen molar-refractivity contribution in [3.8, 4) is 0 Å². The molecular weight excluding hydrogens is 130 g/mol. The Labute approximate surface area is 59.9 Å². The van der Waals surface area contributed by atoms with Crippen molar-refractivity contribution in [3.63, 3.8) is 0 Å². The average molecular weight is 141 g/mol. The summed E-state index contributed by atoms with van der Waals surface area (Å²) in [4.78, 5) is 10.8. The Hall–Kier alpha value is -0.860. The number of hydrogen-bond donors (Lipinski definition) is 1. The van der Waals surface area contributed by atoms with Gasteiger partial charge in [0.25, 0.3) is 0 Å². The first-order valence-corrected chi connectivity index (χ1v) is 3.38. The molecule has 0 bridgehead atoms. The van der Waals surface area contributed by atoms with Crippen molar-refractivity contribution in [1.29, 1.82) is 5.41 Å². The third-order valence-electron chi connectivity index (χ3n) is 1.82. The number of ether oxygens (including phenoxy) is 1. The fraction of sp³-hybridized carbons (Fsp3) is 0.714. The lowest BCUT2D eigenvalue weighted by molar-refractivity contribution is -0.145. The number of esters is 1. The fourth-order valence-corrected chi connectivity index (χ4v) is 1.22. The fourth-order valence-electron chi connectivity index (χ4n) is 1.22. The van der Waals surface area contributed by atoms with Gasteiger partial charge in [0.1, 0.15) is 0 Å². The summed E-state index contributed by atoms with van der Waals surface area (Å²) < 4.78 is 4.55. The minimum Gasteiger partial charge on any atom is -0.469 e. The zero-order valence-corrected chi connectivity index (χ0v) is 6.02. The number of nitrogens with one attached hydrogen (secondary N) is 1. The standard InChI is InChI=1S/C7H11NO2/c1-10-7(9)5-2-3-6(8)4-5/h5,8H,2-4H2,1H3/t5-/m1/s1. The monoisotopic (exact) mass is 141 g/mol. The maximum Gasteiger partial charge on any atom is 0.309 e. The summed E-state index contributed by atoms with van der Waals surface area (Å²) in [6.45, 7) is 0. The van der Waals surface area contributed by atoms with Crippen LogP contribution < -0.4 is 0 Å². The second-order valence-corrected chi connectivity index (χ2v) is 2.57. The molecule has 1 saturated carbocycles. The molecule has 3 heteroatoms. The molecule has 1 rings (SSSR count). The molecule has 0 heterocycles. The molecule has 0 saturated heterocycles. The van der Waals surface area contributed by atoms with Crippen LogP contribution in [0, 0.1) is 11.3 Å². The highest BCUT2D eigenvalue weighted by atomic mass is 16.5. The van der Waals surface area contributed by atoms with Gasteiger partial charge in [-0.3, -0.25) is 4.79 Å². The zero-order chi connectivity index (χ0) is 7.56. The van der Waals surface area contributed by atoms with Crippen molar-refractivity contribution in [3.05, 3.63) is 0 Å². The van der Waals surface area contributed by atoms with Crippen LogP contribution in [0.4, 0.5) is 0 Å². The molecule has 0 aliphatic heterocycles. The highest BCUT2D eigenvalue weighted by Crippen LogP contribution is 2.22. The lowest BCUT2D eigenvalue weighted by atomic mass is 10.1. The van der Waals surface area contributed by atoms with Gasteiger partial charge in [0.15, 0.2) is 0 Å². The number of methoxy groups -OCH3 is 1. The van der Waals surface area contributed by atoms with E-state index in [4.69, 9.17) is 5.41 Å². The summed E-state index contributed by atoms with van der Waals surface area (Å²) in [5.41, 5.74) is 0.676. The predicted molar refractivity (Wildman–Crippen MR) is 37.1 cm³/mol. The maximum absolute atomic E-state index is 10.8. The van der Waals surface area contributed by atoms with E-state index in [1.165, 1.54) is 7.11 Å². The SMILES string of the molecule is COC(=O)[C@@H]1CCC(=N)C1. The predicted octanol–water partition coefficient (Wildman–Crippen LogP) is 0.979. The van der Waals surface area contributed by atoms with Crippen LogP contribution in [0.15, 0.2) is 0 Å². The minimum absolute atomic E-state index is 0.0301. The van der Waals surface area contributed by atoms with Crippen LogP contribution in [0.1, 0.15) is 19.3 Å². The second kappa shape index (κ2) is 2.82.